The maximum absolute atomic E-state index is 12.8. The van der Waals surface area contributed by atoms with Crippen LogP contribution < -0.4 is 0 Å². The zero-order valence-corrected chi connectivity index (χ0v) is 16.3. The summed E-state index contributed by atoms with van der Waals surface area (Å²) in [5.41, 5.74) is 5.12. The van der Waals surface area contributed by atoms with Crippen molar-refractivity contribution in [3.63, 3.8) is 0 Å². The predicted molar refractivity (Wildman–Crippen MR) is 107 cm³/mol. The summed E-state index contributed by atoms with van der Waals surface area (Å²) in [4.78, 5) is 23.5. The number of amides is 1. The van der Waals surface area contributed by atoms with Crippen molar-refractivity contribution in [2.24, 2.45) is 5.92 Å². The highest BCUT2D eigenvalue weighted by molar-refractivity contribution is 6.30. The van der Waals surface area contributed by atoms with Gasteiger partial charge in [0.2, 0.25) is 5.91 Å². The zero-order chi connectivity index (χ0) is 19.0. The van der Waals surface area contributed by atoms with E-state index in [1.165, 1.54) is 5.56 Å². The number of carbonyl (C=O) groups is 1. The Morgan fingerprint density at radius 1 is 1.22 bits per heavy atom. The molecule has 1 aromatic carbocycles. The minimum Gasteiger partial charge on any atom is -0.334 e. The summed E-state index contributed by atoms with van der Waals surface area (Å²) in [6, 6.07) is 10.2. The number of carbonyl (C=O) groups excluding carboxylic acids is 1. The molecule has 0 aliphatic heterocycles. The molecule has 138 valence electrons. The van der Waals surface area contributed by atoms with Crippen molar-refractivity contribution in [1.29, 1.82) is 0 Å². The summed E-state index contributed by atoms with van der Waals surface area (Å²) in [6.07, 6.45) is 5.50. The van der Waals surface area contributed by atoms with E-state index in [-0.39, 0.29) is 11.8 Å². The van der Waals surface area contributed by atoms with E-state index in [1.54, 1.807) is 12.4 Å². The van der Waals surface area contributed by atoms with Crippen LogP contribution in [-0.2, 0) is 17.9 Å². The molecule has 1 fully saturated rings. The molecular formula is C22H22ClN3O. The molecule has 0 N–H and O–H groups in total. The monoisotopic (exact) mass is 379 g/mol. The first kappa shape index (κ1) is 17.9. The van der Waals surface area contributed by atoms with Gasteiger partial charge in [-0.05, 0) is 56.0 Å². The van der Waals surface area contributed by atoms with Gasteiger partial charge in [0.05, 0.1) is 5.52 Å². The van der Waals surface area contributed by atoms with Crippen molar-refractivity contribution in [2.45, 2.75) is 39.8 Å². The number of aryl methyl sites for hydroxylation is 2. The van der Waals surface area contributed by atoms with Crippen LogP contribution in [0.3, 0.4) is 0 Å². The Morgan fingerprint density at radius 2 is 2.04 bits per heavy atom. The highest BCUT2D eigenvalue weighted by Gasteiger charge is 2.33. The van der Waals surface area contributed by atoms with Gasteiger partial charge in [0.25, 0.3) is 0 Å². The molecule has 27 heavy (non-hydrogen) atoms. The number of pyridine rings is 2. The molecule has 0 spiro atoms. The van der Waals surface area contributed by atoms with E-state index >= 15 is 0 Å². The molecule has 4 rings (SSSR count). The second kappa shape index (κ2) is 7.28. The van der Waals surface area contributed by atoms with E-state index in [9.17, 15) is 4.79 Å². The van der Waals surface area contributed by atoms with Crippen LogP contribution >= 0.6 is 11.6 Å². The lowest BCUT2D eigenvalue weighted by molar-refractivity contribution is -0.133. The summed E-state index contributed by atoms with van der Waals surface area (Å²) < 4.78 is 0. The fraction of sp³-hybridized carbons (Fsp3) is 0.318. The largest absolute Gasteiger partial charge is 0.334 e. The number of hydrogen-bond donors (Lipinski definition) is 0. The Labute approximate surface area is 164 Å². The lowest BCUT2D eigenvalue weighted by Crippen LogP contribution is -2.31. The van der Waals surface area contributed by atoms with Gasteiger partial charge in [0, 0.05) is 42.4 Å². The Morgan fingerprint density at radius 3 is 2.74 bits per heavy atom. The molecule has 2 aromatic heterocycles. The number of rotatable bonds is 5. The van der Waals surface area contributed by atoms with Gasteiger partial charge in [0.15, 0.2) is 0 Å². The minimum absolute atomic E-state index is 0.151. The molecule has 2 heterocycles. The number of hydrogen-bond acceptors (Lipinski definition) is 3. The molecule has 0 bridgehead atoms. The standard InChI is InChI=1S/C22H22ClN3O/c1-14-8-15(2)20-18(9-14)10-19(21(23)25-20)13-26(22(27)17-5-6-17)12-16-4-3-7-24-11-16/h3-4,7-11,17H,5-6,12-13H2,1-2H3. The van der Waals surface area contributed by atoms with Gasteiger partial charge in [-0.3, -0.25) is 9.78 Å². The first-order valence-corrected chi connectivity index (χ1v) is 9.63. The molecule has 0 unspecified atom stereocenters. The third-order valence-electron chi connectivity index (χ3n) is 4.97. The number of benzene rings is 1. The van der Waals surface area contributed by atoms with Gasteiger partial charge in [-0.15, -0.1) is 0 Å². The summed E-state index contributed by atoms with van der Waals surface area (Å²) in [5, 5.41) is 1.53. The third kappa shape index (κ3) is 3.96. The zero-order valence-electron chi connectivity index (χ0n) is 15.6. The lowest BCUT2D eigenvalue weighted by Gasteiger charge is -2.23. The summed E-state index contributed by atoms with van der Waals surface area (Å²) in [7, 11) is 0. The number of aromatic nitrogens is 2. The van der Waals surface area contributed by atoms with Crippen molar-refractivity contribution in [1.82, 2.24) is 14.9 Å². The van der Waals surface area contributed by atoms with Crippen LogP contribution in [0, 0.1) is 19.8 Å². The lowest BCUT2D eigenvalue weighted by atomic mass is 10.0. The molecule has 3 aromatic rings. The van der Waals surface area contributed by atoms with Crippen LogP contribution in [-0.4, -0.2) is 20.8 Å². The van der Waals surface area contributed by atoms with Gasteiger partial charge in [-0.25, -0.2) is 4.98 Å². The summed E-state index contributed by atoms with van der Waals surface area (Å²) in [6.45, 7) is 5.11. The van der Waals surface area contributed by atoms with Crippen LogP contribution in [0.15, 0.2) is 42.7 Å². The quantitative estimate of drug-likeness (QED) is 0.596. The SMILES string of the molecule is Cc1cc(C)c2nc(Cl)c(CN(Cc3cccnc3)C(=O)C3CC3)cc2c1. The number of fused-ring (bicyclic) bond motifs is 1. The van der Waals surface area contributed by atoms with Gasteiger partial charge in [-0.1, -0.05) is 29.3 Å². The van der Waals surface area contributed by atoms with Crippen LogP contribution in [0.2, 0.25) is 5.15 Å². The van der Waals surface area contributed by atoms with E-state index in [4.69, 9.17) is 11.6 Å². The Balaban J connectivity index is 1.67. The van der Waals surface area contributed by atoms with Crippen LogP contribution in [0.25, 0.3) is 10.9 Å². The average molecular weight is 380 g/mol. The second-order valence-corrected chi connectivity index (χ2v) is 7.78. The van der Waals surface area contributed by atoms with Crippen LogP contribution in [0.4, 0.5) is 0 Å². The molecule has 1 saturated carbocycles. The van der Waals surface area contributed by atoms with E-state index in [0.29, 0.717) is 18.2 Å². The molecular weight excluding hydrogens is 358 g/mol. The van der Waals surface area contributed by atoms with Crippen molar-refractivity contribution in [3.05, 3.63) is 70.1 Å². The third-order valence-corrected chi connectivity index (χ3v) is 5.30. The van der Waals surface area contributed by atoms with Gasteiger partial charge in [0.1, 0.15) is 5.15 Å². The van der Waals surface area contributed by atoms with Gasteiger partial charge < -0.3 is 4.90 Å². The van der Waals surface area contributed by atoms with E-state index in [2.05, 4.69) is 35.1 Å². The fourth-order valence-corrected chi connectivity index (χ4v) is 3.70. The predicted octanol–water partition coefficient (Wildman–Crippen LogP) is 4.84. The van der Waals surface area contributed by atoms with Gasteiger partial charge >= 0.3 is 0 Å². The van der Waals surface area contributed by atoms with Crippen molar-refractivity contribution in [3.8, 4) is 0 Å². The second-order valence-electron chi connectivity index (χ2n) is 7.42. The van der Waals surface area contributed by atoms with Crippen molar-refractivity contribution >= 4 is 28.4 Å². The average Bonchev–Trinajstić information content (AvgIpc) is 3.48. The Bertz CT molecular complexity index is 999. The highest BCUT2D eigenvalue weighted by Crippen LogP contribution is 2.33. The van der Waals surface area contributed by atoms with E-state index in [1.807, 2.05) is 24.0 Å². The van der Waals surface area contributed by atoms with Crippen molar-refractivity contribution in [2.75, 3.05) is 0 Å². The van der Waals surface area contributed by atoms with Crippen molar-refractivity contribution < 1.29 is 4.79 Å². The molecule has 0 saturated heterocycles. The van der Waals surface area contributed by atoms with Crippen LogP contribution in [0.5, 0.6) is 0 Å². The molecule has 1 aliphatic rings. The molecule has 5 heteroatoms. The van der Waals surface area contributed by atoms with E-state index in [0.717, 1.165) is 40.4 Å². The maximum atomic E-state index is 12.8. The molecule has 4 nitrogen and oxygen atoms in total. The first-order valence-electron chi connectivity index (χ1n) is 9.25. The summed E-state index contributed by atoms with van der Waals surface area (Å²) in [5.74, 6) is 0.341. The number of nitrogens with zero attached hydrogens (tertiary/aromatic N) is 3. The fourth-order valence-electron chi connectivity index (χ4n) is 3.50. The van der Waals surface area contributed by atoms with Crippen LogP contribution in [0.1, 0.15) is 35.1 Å². The molecule has 0 radical (unpaired) electrons. The molecule has 0 atom stereocenters. The van der Waals surface area contributed by atoms with Gasteiger partial charge in [-0.2, -0.15) is 0 Å². The molecule has 1 amide bonds. The minimum atomic E-state index is 0.151. The highest BCUT2D eigenvalue weighted by atomic mass is 35.5. The number of halogens is 1. The Hall–Kier alpha value is -2.46. The normalized spacial score (nSPS) is 13.7. The van der Waals surface area contributed by atoms with E-state index < -0.39 is 0 Å². The summed E-state index contributed by atoms with van der Waals surface area (Å²) >= 11 is 6.50. The Kier molecular flexibility index (Phi) is 4.83. The topological polar surface area (TPSA) is 46.1 Å². The smallest absolute Gasteiger partial charge is 0.226 e. The first-order chi connectivity index (χ1) is 13.0. The molecule has 1 aliphatic carbocycles. The maximum Gasteiger partial charge on any atom is 0.226 e.